The van der Waals surface area contributed by atoms with Crippen molar-refractivity contribution in [3.63, 3.8) is 0 Å². The fourth-order valence-corrected chi connectivity index (χ4v) is 4.14. The molecule has 1 saturated heterocycles. The number of hydrogen-bond acceptors (Lipinski definition) is 4. The Hall–Kier alpha value is -3.16. The van der Waals surface area contributed by atoms with Crippen molar-refractivity contribution in [2.75, 3.05) is 20.2 Å². The quantitative estimate of drug-likeness (QED) is 0.629. The van der Waals surface area contributed by atoms with Crippen LogP contribution >= 0.6 is 0 Å². The van der Waals surface area contributed by atoms with Gasteiger partial charge < -0.3 is 19.7 Å². The molecule has 0 saturated carbocycles. The molecule has 1 unspecified atom stereocenters. The smallest absolute Gasteiger partial charge is 0.415 e. The van der Waals surface area contributed by atoms with E-state index < -0.39 is 11.9 Å². The van der Waals surface area contributed by atoms with E-state index in [1.807, 2.05) is 0 Å². The van der Waals surface area contributed by atoms with Gasteiger partial charge in [-0.15, -0.1) is 0 Å². The van der Waals surface area contributed by atoms with Gasteiger partial charge >= 0.3 is 6.09 Å². The lowest BCUT2D eigenvalue weighted by molar-refractivity contribution is 0.0870. The van der Waals surface area contributed by atoms with E-state index in [-0.39, 0.29) is 35.2 Å². The molecule has 0 aromatic heterocycles. The molecule has 2 amide bonds. The molecule has 1 N–H and O–H groups in total. The largest absolute Gasteiger partial charge is 0.490 e. The van der Waals surface area contributed by atoms with Crippen LogP contribution in [0.4, 0.5) is 13.6 Å². The Morgan fingerprint density at radius 2 is 1.76 bits per heavy atom. The van der Waals surface area contributed by atoms with Crippen molar-refractivity contribution >= 4 is 12.0 Å². The fraction of sp³-hybridized carbons (Fsp3) is 0.440. The average Bonchev–Trinajstić information content (AvgIpc) is 2.79. The maximum Gasteiger partial charge on any atom is 0.415 e. The molecule has 0 radical (unpaired) electrons. The zero-order chi connectivity index (χ0) is 24.0. The normalized spacial score (nSPS) is 15.3. The number of halogens is 2. The number of likely N-dealkylation sites (tertiary alicyclic amines) is 1. The number of benzene rings is 2. The van der Waals surface area contributed by atoms with Gasteiger partial charge in [-0.1, -0.05) is 19.9 Å². The Kier molecular flexibility index (Phi) is 8.25. The number of nitrogens with one attached hydrogen (secondary N) is 1. The minimum absolute atomic E-state index is 0.0360. The minimum Gasteiger partial charge on any atom is -0.490 e. The first kappa shape index (κ1) is 24.5. The van der Waals surface area contributed by atoms with Crippen LogP contribution in [0.1, 0.15) is 43.5 Å². The van der Waals surface area contributed by atoms with Crippen LogP contribution in [0.3, 0.4) is 0 Å². The van der Waals surface area contributed by atoms with Gasteiger partial charge in [-0.2, -0.15) is 0 Å². The monoisotopic (exact) mass is 460 g/mol. The highest BCUT2D eigenvalue weighted by atomic mass is 19.1. The first-order valence-corrected chi connectivity index (χ1v) is 11.1. The molecule has 1 fully saturated rings. The Bertz CT molecular complexity index is 957. The van der Waals surface area contributed by atoms with E-state index in [2.05, 4.69) is 19.2 Å². The fourth-order valence-electron chi connectivity index (χ4n) is 4.14. The van der Waals surface area contributed by atoms with Gasteiger partial charge in [0.25, 0.3) is 5.91 Å². The zero-order valence-corrected chi connectivity index (χ0v) is 19.1. The van der Waals surface area contributed by atoms with Gasteiger partial charge in [-0.3, -0.25) is 4.79 Å². The van der Waals surface area contributed by atoms with Crippen LogP contribution in [-0.2, 0) is 0 Å². The van der Waals surface area contributed by atoms with Gasteiger partial charge in [0.2, 0.25) is 0 Å². The van der Waals surface area contributed by atoms with Crippen molar-refractivity contribution < 1.29 is 27.8 Å². The number of nitrogens with zero attached hydrogens (tertiary/aromatic N) is 1. The highest BCUT2D eigenvalue weighted by molar-refractivity contribution is 5.94. The number of hydrogen-bond donors (Lipinski definition) is 1. The third-order valence-electron chi connectivity index (χ3n) is 5.85. The first-order valence-electron chi connectivity index (χ1n) is 11.1. The Morgan fingerprint density at radius 3 is 2.36 bits per heavy atom. The van der Waals surface area contributed by atoms with E-state index >= 15 is 0 Å². The highest BCUT2D eigenvalue weighted by Gasteiger charge is 2.31. The van der Waals surface area contributed by atoms with Crippen LogP contribution in [0.25, 0.3) is 0 Å². The predicted octanol–water partition coefficient (Wildman–Crippen LogP) is 5.03. The summed E-state index contributed by atoms with van der Waals surface area (Å²) in [6, 6.07) is 9.57. The predicted molar refractivity (Wildman–Crippen MR) is 120 cm³/mol. The lowest BCUT2D eigenvalue weighted by Gasteiger charge is -2.36. The van der Waals surface area contributed by atoms with Crippen LogP contribution in [0, 0.1) is 23.5 Å². The number of piperidine rings is 1. The average molecular weight is 461 g/mol. The zero-order valence-electron chi connectivity index (χ0n) is 19.1. The topological polar surface area (TPSA) is 67.9 Å². The van der Waals surface area contributed by atoms with Crippen LogP contribution in [-0.4, -0.2) is 43.1 Å². The minimum atomic E-state index is -0.602. The summed E-state index contributed by atoms with van der Waals surface area (Å²) in [5, 5.41) is 3.10. The van der Waals surface area contributed by atoms with E-state index in [1.165, 1.54) is 49.6 Å². The Morgan fingerprint density at radius 1 is 1.09 bits per heavy atom. The van der Waals surface area contributed by atoms with Crippen molar-refractivity contribution in [1.29, 1.82) is 0 Å². The van der Waals surface area contributed by atoms with Crippen LogP contribution in [0.2, 0.25) is 0 Å². The van der Waals surface area contributed by atoms with Crippen LogP contribution < -0.4 is 14.8 Å². The van der Waals surface area contributed by atoms with Gasteiger partial charge in [-0.05, 0) is 67.5 Å². The Labute approximate surface area is 192 Å². The second-order valence-corrected chi connectivity index (χ2v) is 8.68. The van der Waals surface area contributed by atoms with Gasteiger partial charge in [0.1, 0.15) is 5.82 Å². The molecule has 0 spiro atoms. The molecule has 178 valence electrons. The molecule has 6 nitrogen and oxygen atoms in total. The van der Waals surface area contributed by atoms with Gasteiger partial charge in [0.05, 0.1) is 7.11 Å². The second kappa shape index (κ2) is 11.1. The first-order chi connectivity index (χ1) is 15.8. The number of para-hydroxylation sites is 1. The van der Waals surface area contributed by atoms with Crippen molar-refractivity contribution in [2.24, 2.45) is 11.8 Å². The lowest BCUT2D eigenvalue weighted by Crippen LogP contribution is -2.47. The van der Waals surface area contributed by atoms with Crippen LogP contribution in [0.15, 0.2) is 42.5 Å². The molecular weight excluding hydrogens is 430 g/mol. The number of methoxy groups -OCH3 is 1. The summed E-state index contributed by atoms with van der Waals surface area (Å²) >= 11 is 0. The molecule has 33 heavy (non-hydrogen) atoms. The third-order valence-corrected chi connectivity index (χ3v) is 5.85. The molecule has 1 heterocycles. The maximum atomic E-state index is 13.9. The summed E-state index contributed by atoms with van der Waals surface area (Å²) in [6.07, 6.45) is 1.61. The van der Waals surface area contributed by atoms with Gasteiger partial charge in [-0.25, -0.2) is 13.6 Å². The highest BCUT2D eigenvalue weighted by Crippen LogP contribution is 2.31. The summed E-state index contributed by atoms with van der Waals surface area (Å²) in [4.78, 5) is 26.9. The molecule has 1 aliphatic rings. The van der Waals surface area contributed by atoms with Crippen molar-refractivity contribution in [1.82, 2.24) is 10.2 Å². The summed E-state index contributed by atoms with van der Waals surface area (Å²) in [5.74, 6) is -0.748. The molecule has 3 rings (SSSR count). The van der Waals surface area contributed by atoms with Crippen molar-refractivity contribution in [3.8, 4) is 11.5 Å². The summed E-state index contributed by atoms with van der Waals surface area (Å²) in [6.45, 7) is 5.11. The summed E-state index contributed by atoms with van der Waals surface area (Å²) < 4.78 is 37.4. The van der Waals surface area contributed by atoms with Gasteiger partial charge in [0, 0.05) is 24.7 Å². The van der Waals surface area contributed by atoms with E-state index in [9.17, 15) is 18.4 Å². The SMILES string of the molecule is COc1c(F)cccc1OC(=O)N1CCC(C(CC(C)C)NC(=O)c2ccc(F)cc2)CC1. The maximum absolute atomic E-state index is 13.9. The van der Waals surface area contributed by atoms with E-state index in [1.54, 1.807) is 4.90 Å². The van der Waals surface area contributed by atoms with Crippen LogP contribution in [0.5, 0.6) is 11.5 Å². The molecular formula is C25H30F2N2O4. The van der Waals surface area contributed by atoms with E-state index in [0.717, 1.165) is 6.42 Å². The second-order valence-electron chi connectivity index (χ2n) is 8.68. The van der Waals surface area contributed by atoms with Gasteiger partial charge in [0.15, 0.2) is 17.3 Å². The molecule has 8 heteroatoms. The molecule has 0 aliphatic carbocycles. The number of rotatable bonds is 7. The van der Waals surface area contributed by atoms with E-state index in [0.29, 0.717) is 37.4 Å². The lowest BCUT2D eigenvalue weighted by atomic mass is 9.85. The van der Waals surface area contributed by atoms with E-state index in [4.69, 9.17) is 9.47 Å². The standard InChI is InChI=1S/C25H30F2N2O4/c1-16(2)15-21(28-24(30)18-7-9-19(26)10-8-18)17-11-13-29(14-12-17)25(31)33-22-6-4-5-20(27)23(22)32-3/h4-10,16-17,21H,11-15H2,1-3H3,(H,28,30). The number of amides is 2. The van der Waals surface area contributed by atoms with Crippen molar-refractivity contribution in [3.05, 3.63) is 59.7 Å². The molecule has 2 aromatic rings. The number of ether oxygens (including phenoxy) is 2. The number of carbonyl (C=O) groups excluding carboxylic acids is 2. The summed E-state index contributed by atoms with van der Waals surface area (Å²) in [7, 11) is 1.32. The van der Waals surface area contributed by atoms with Crippen molar-refractivity contribution in [2.45, 2.75) is 39.2 Å². The molecule has 1 atom stereocenters. The molecule has 2 aromatic carbocycles. The molecule has 0 bridgehead atoms. The third kappa shape index (κ3) is 6.43. The number of carbonyl (C=O) groups is 2. The molecule has 1 aliphatic heterocycles. The Balaban J connectivity index is 1.60. The summed E-state index contributed by atoms with van der Waals surface area (Å²) in [5.41, 5.74) is 0.412.